The van der Waals surface area contributed by atoms with Crippen LogP contribution in [0.15, 0.2) is 75.9 Å². The first-order chi connectivity index (χ1) is 14.0. The Morgan fingerprint density at radius 2 is 1.72 bits per heavy atom. The van der Waals surface area contributed by atoms with E-state index in [4.69, 9.17) is 20.8 Å². The van der Waals surface area contributed by atoms with Gasteiger partial charge in [-0.05, 0) is 36.8 Å². The van der Waals surface area contributed by atoms with Gasteiger partial charge in [-0.15, -0.1) is 0 Å². The van der Waals surface area contributed by atoms with Gasteiger partial charge < -0.3 is 9.15 Å². The van der Waals surface area contributed by atoms with Gasteiger partial charge in [-0.3, -0.25) is 4.79 Å². The molecule has 4 nitrogen and oxygen atoms in total. The van der Waals surface area contributed by atoms with E-state index in [2.05, 4.69) is 0 Å². The minimum Gasteiger partial charge on any atom is -0.452 e. The molecule has 0 atom stereocenters. The highest BCUT2D eigenvalue weighted by molar-refractivity contribution is 6.32. The van der Waals surface area contributed by atoms with Crippen LogP contribution in [0.2, 0.25) is 5.02 Å². The van der Waals surface area contributed by atoms with Gasteiger partial charge >= 0.3 is 5.97 Å². The molecule has 1 aromatic heterocycles. The van der Waals surface area contributed by atoms with Crippen LogP contribution >= 0.6 is 11.6 Å². The van der Waals surface area contributed by atoms with Crippen molar-refractivity contribution in [3.8, 4) is 17.1 Å². The largest absolute Gasteiger partial charge is 0.452 e. The van der Waals surface area contributed by atoms with Crippen molar-refractivity contribution >= 4 is 28.5 Å². The molecule has 0 aliphatic heterocycles. The van der Waals surface area contributed by atoms with E-state index in [1.165, 1.54) is 24.3 Å². The number of hydrogen-bond donors (Lipinski definition) is 0. The number of hydrogen-bond acceptors (Lipinski definition) is 4. The second kappa shape index (κ2) is 7.53. The molecule has 0 aliphatic carbocycles. The van der Waals surface area contributed by atoms with Gasteiger partial charge in [0, 0.05) is 10.6 Å². The van der Waals surface area contributed by atoms with Gasteiger partial charge in [-0.25, -0.2) is 9.18 Å². The lowest BCUT2D eigenvalue weighted by Crippen LogP contribution is -2.17. The number of benzene rings is 3. The zero-order chi connectivity index (χ0) is 20.5. The van der Waals surface area contributed by atoms with Crippen LogP contribution in [0.5, 0.6) is 5.75 Å². The van der Waals surface area contributed by atoms with Crippen LogP contribution in [0.3, 0.4) is 0 Å². The van der Waals surface area contributed by atoms with Gasteiger partial charge in [0.05, 0.1) is 10.9 Å². The van der Waals surface area contributed by atoms with Gasteiger partial charge in [0.15, 0.2) is 5.76 Å². The number of halogens is 2. The molecular weight excluding hydrogens is 395 g/mol. The molecule has 1 heterocycles. The van der Waals surface area contributed by atoms with Gasteiger partial charge in [0.2, 0.25) is 11.2 Å². The Balaban J connectivity index is 1.94. The van der Waals surface area contributed by atoms with Crippen molar-refractivity contribution in [3.05, 3.63) is 98.9 Å². The summed E-state index contributed by atoms with van der Waals surface area (Å²) in [5.74, 6) is -1.99. The number of fused-ring (bicyclic) bond motifs is 1. The zero-order valence-corrected chi connectivity index (χ0v) is 16.0. The highest BCUT2D eigenvalue weighted by Crippen LogP contribution is 2.33. The van der Waals surface area contributed by atoms with Crippen molar-refractivity contribution < 1.29 is 18.3 Å². The summed E-state index contributed by atoms with van der Waals surface area (Å²) in [6.07, 6.45) is 0. The van der Waals surface area contributed by atoms with Crippen LogP contribution in [-0.4, -0.2) is 5.97 Å². The topological polar surface area (TPSA) is 56.5 Å². The molecule has 144 valence electrons. The van der Waals surface area contributed by atoms with E-state index in [0.717, 1.165) is 11.6 Å². The van der Waals surface area contributed by atoms with Crippen molar-refractivity contribution in [2.75, 3.05) is 0 Å². The summed E-state index contributed by atoms with van der Waals surface area (Å²) in [7, 11) is 0. The first-order valence-electron chi connectivity index (χ1n) is 8.75. The Morgan fingerprint density at radius 1 is 1.03 bits per heavy atom. The van der Waals surface area contributed by atoms with Crippen molar-refractivity contribution in [2.24, 2.45) is 0 Å². The molecule has 29 heavy (non-hydrogen) atoms. The van der Waals surface area contributed by atoms with Gasteiger partial charge in [-0.2, -0.15) is 0 Å². The van der Waals surface area contributed by atoms with Crippen molar-refractivity contribution in [2.45, 2.75) is 6.92 Å². The highest BCUT2D eigenvalue weighted by atomic mass is 35.5. The number of aryl methyl sites for hydroxylation is 1. The maximum absolute atomic E-state index is 14.0. The summed E-state index contributed by atoms with van der Waals surface area (Å²) >= 11 is 6.15. The average molecular weight is 409 g/mol. The van der Waals surface area contributed by atoms with Gasteiger partial charge in [-0.1, -0.05) is 54.1 Å². The predicted octanol–water partition coefficient (Wildman–Crippen LogP) is 5.78. The Labute approximate surface area is 170 Å². The second-order valence-corrected chi connectivity index (χ2v) is 6.83. The third-order valence-electron chi connectivity index (χ3n) is 4.45. The Morgan fingerprint density at radius 3 is 2.45 bits per heavy atom. The maximum atomic E-state index is 14.0. The fourth-order valence-corrected chi connectivity index (χ4v) is 3.11. The van der Waals surface area contributed by atoms with Crippen molar-refractivity contribution in [1.29, 1.82) is 0 Å². The molecule has 0 fully saturated rings. The van der Waals surface area contributed by atoms with Crippen LogP contribution in [0.4, 0.5) is 4.39 Å². The molecule has 0 unspecified atom stereocenters. The van der Waals surface area contributed by atoms with Crippen LogP contribution in [0.25, 0.3) is 22.3 Å². The molecule has 4 rings (SSSR count). The molecule has 0 spiro atoms. The van der Waals surface area contributed by atoms with E-state index in [0.29, 0.717) is 16.2 Å². The summed E-state index contributed by atoms with van der Waals surface area (Å²) in [5.41, 5.74) is 0.721. The summed E-state index contributed by atoms with van der Waals surface area (Å²) in [6.45, 7) is 1.79. The zero-order valence-electron chi connectivity index (χ0n) is 15.2. The molecular formula is C23H14ClFO4. The van der Waals surface area contributed by atoms with E-state index in [-0.39, 0.29) is 22.5 Å². The molecule has 0 amide bonds. The monoisotopic (exact) mass is 408 g/mol. The molecule has 0 N–H and O–H groups in total. The number of carbonyl (C=O) groups excluding carboxylic acids is 1. The Kier molecular flexibility index (Phi) is 4.91. The van der Waals surface area contributed by atoms with E-state index < -0.39 is 17.2 Å². The number of carbonyl (C=O) groups is 1. The summed E-state index contributed by atoms with van der Waals surface area (Å²) < 4.78 is 25.3. The van der Waals surface area contributed by atoms with Gasteiger partial charge in [0.1, 0.15) is 11.4 Å². The number of rotatable bonds is 3. The normalized spacial score (nSPS) is 10.9. The fraction of sp³-hybridized carbons (Fsp3) is 0.0435. The molecule has 6 heteroatoms. The first-order valence-corrected chi connectivity index (χ1v) is 9.12. The Bertz CT molecular complexity index is 1300. The minimum atomic E-state index is -0.995. The minimum absolute atomic E-state index is 0.0783. The lowest BCUT2D eigenvalue weighted by atomic mass is 10.1. The fourth-order valence-electron chi connectivity index (χ4n) is 2.95. The van der Waals surface area contributed by atoms with Crippen LogP contribution in [0.1, 0.15) is 15.9 Å². The summed E-state index contributed by atoms with van der Waals surface area (Å²) in [6, 6.07) is 17.2. The smallest absolute Gasteiger partial charge is 0.346 e. The molecule has 0 saturated heterocycles. The number of esters is 1. The quantitative estimate of drug-likeness (QED) is 0.403. The van der Waals surface area contributed by atoms with E-state index in [9.17, 15) is 14.0 Å². The second-order valence-electron chi connectivity index (χ2n) is 6.42. The lowest BCUT2D eigenvalue weighted by molar-refractivity contribution is 0.0726. The molecule has 0 radical (unpaired) electrons. The maximum Gasteiger partial charge on any atom is 0.346 e. The molecule has 0 bridgehead atoms. The first kappa shape index (κ1) is 18.9. The van der Waals surface area contributed by atoms with E-state index >= 15 is 0 Å². The average Bonchev–Trinajstić information content (AvgIpc) is 2.72. The molecule has 3 aromatic carbocycles. The van der Waals surface area contributed by atoms with E-state index in [1.54, 1.807) is 43.3 Å². The van der Waals surface area contributed by atoms with Gasteiger partial charge in [0.25, 0.3) is 0 Å². The highest BCUT2D eigenvalue weighted by Gasteiger charge is 2.23. The van der Waals surface area contributed by atoms with Crippen molar-refractivity contribution in [1.82, 2.24) is 0 Å². The lowest BCUT2D eigenvalue weighted by Gasteiger charge is -2.11. The third kappa shape index (κ3) is 3.52. The van der Waals surface area contributed by atoms with Crippen LogP contribution in [0, 0.1) is 12.7 Å². The van der Waals surface area contributed by atoms with Crippen LogP contribution in [-0.2, 0) is 0 Å². The van der Waals surface area contributed by atoms with E-state index in [1.807, 2.05) is 0 Å². The number of ether oxygens (including phenoxy) is 1. The third-order valence-corrected chi connectivity index (χ3v) is 4.86. The molecule has 0 aliphatic rings. The van der Waals surface area contributed by atoms with Crippen molar-refractivity contribution in [3.63, 3.8) is 0 Å². The molecule has 0 saturated carbocycles. The summed E-state index contributed by atoms with van der Waals surface area (Å²) in [4.78, 5) is 25.7. The summed E-state index contributed by atoms with van der Waals surface area (Å²) in [5, 5.41) is 0.542. The SMILES string of the molecule is Cc1cc2oc(-c3ccccc3)c(OC(=O)c3ccccc3F)c(=O)c2cc1Cl. The predicted molar refractivity (Wildman–Crippen MR) is 109 cm³/mol. The van der Waals surface area contributed by atoms with Crippen LogP contribution < -0.4 is 10.2 Å². The Hall–Kier alpha value is -3.44. The standard InChI is InChI=1S/C23H14ClFO4/c1-13-11-19-16(12-17(13)24)20(26)22(21(28-19)14-7-3-2-4-8-14)29-23(27)15-9-5-6-10-18(15)25/h2-12H,1H3. The molecule has 4 aromatic rings.